The number of ether oxygens (including phenoxy) is 1. The van der Waals surface area contributed by atoms with Crippen molar-refractivity contribution in [2.75, 3.05) is 38.8 Å². The number of alkyl halides is 3. The first-order valence-electron chi connectivity index (χ1n) is 6.26. The van der Waals surface area contributed by atoms with E-state index in [0.717, 1.165) is 16.0 Å². The largest absolute Gasteiger partial charge is 0.405 e. The molecule has 0 aromatic carbocycles. The first-order chi connectivity index (χ1) is 9.33. The van der Waals surface area contributed by atoms with Crippen LogP contribution < -0.4 is 10.2 Å². The molecule has 4 nitrogen and oxygen atoms in total. The normalized spacial score (nSPS) is 11.7. The third-order valence-electron chi connectivity index (χ3n) is 2.70. The van der Waals surface area contributed by atoms with Gasteiger partial charge in [-0.3, -0.25) is 0 Å². The molecule has 0 aliphatic rings. The lowest BCUT2D eigenvalue weighted by Gasteiger charge is -2.21. The Balaban J connectivity index is 2.63. The predicted molar refractivity (Wildman–Crippen MR) is 71.9 cm³/mol. The predicted octanol–water partition coefficient (Wildman–Crippen LogP) is 2.12. The highest BCUT2D eigenvalue weighted by molar-refractivity contribution is 5.46. The maximum Gasteiger partial charge on any atom is 0.405 e. The van der Waals surface area contributed by atoms with E-state index in [9.17, 15) is 13.2 Å². The zero-order valence-corrected chi connectivity index (χ0v) is 11.9. The van der Waals surface area contributed by atoms with Crippen molar-refractivity contribution in [2.45, 2.75) is 19.6 Å². The molecule has 0 aliphatic heterocycles. The molecule has 0 aliphatic carbocycles. The Kier molecular flexibility index (Phi) is 6.22. The van der Waals surface area contributed by atoms with Gasteiger partial charge in [0.2, 0.25) is 0 Å². The summed E-state index contributed by atoms with van der Waals surface area (Å²) in [7, 11) is 3.01. The van der Waals surface area contributed by atoms with Crippen LogP contribution in [0.25, 0.3) is 0 Å². The summed E-state index contributed by atoms with van der Waals surface area (Å²) in [5.41, 5.74) is 1.66. The van der Waals surface area contributed by atoms with Crippen LogP contribution in [0.1, 0.15) is 11.1 Å². The fourth-order valence-corrected chi connectivity index (χ4v) is 1.87. The molecule has 114 valence electrons. The third kappa shape index (κ3) is 5.75. The molecule has 1 N–H and O–H groups in total. The fraction of sp³-hybridized carbons (Fsp3) is 0.615. The van der Waals surface area contributed by atoms with E-state index in [1.807, 2.05) is 6.07 Å². The van der Waals surface area contributed by atoms with Crippen LogP contribution in [0.3, 0.4) is 0 Å². The number of nitrogens with one attached hydrogen (secondary N) is 1. The van der Waals surface area contributed by atoms with Crippen molar-refractivity contribution in [3.05, 3.63) is 23.4 Å². The number of aryl methyl sites for hydroxylation is 1. The molecule has 0 unspecified atom stereocenters. The minimum Gasteiger partial charge on any atom is -0.383 e. The Bertz CT molecular complexity index is 424. The summed E-state index contributed by atoms with van der Waals surface area (Å²) in [4.78, 5) is 5.22. The van der Waals surface area contributed by atoms with Crippen molar-refractivity contribution in [3.63, 3.8) is 0 Å². The van der Waals surface area contributed by atoms with Gasteiger partial charge < -0.3 is 15.0 Å². The number of aromatic nitrogens is 1. The molecule has 1 aromatic heterocycles. The summed E-state index contributed by atoms with van der Waals surface area (Å²) in [5.74, 6) is 0.350. The first kappa shape index (κ1) is 16.7. The van der Waals surface area contributed by atoms with Gasteiger partial charge in [-0.2, -0.15) is 13.2 Å². The van der Waals surface area contributed by atoms with Gasteiger partial charge in [0.1, 0.15) is 12.4 Å². The zero-order chi connectivity index (χ0) is 15.2. The molecular formula is C13H20F3N3O. The van der Waals surface area contributed by atoms with Gasteiger partial charge in [-0.1, -0.05) is 0 Å². The van der Waals surface area contributed by atoms with Crippen molar-refractivity contribution in [2.24, 2.45) is 0 Å². The topological polar surface area (TPSA) is 37.4 Å². The smallest absolute Gasteiger partial charge is 0.383 e. The summed E-state index contributed by atoms with van der Waals surface area (Å²) in [6.07, 6.45) is -2.64. The average molecular weight is 291 g/mol. The molecule has 7 heteroatoms. The van der Waals surface area contributed by atoms with Crippen LogP contribution in [-0.4, -0.2) is 45.0 Å². The van der Waals surface area contributed by atoms with E-state index in [0.29, 0.717) is 25.5 Å². The summed E-state index contributed by atoms with van der Waals surface area (Å²) < 4.78 is 42.0. The molecule has 0 bridgehead atoms. The Labute approximate surface area is 116 Å². The van der Waals surface area contributed by atoms with Gasteiger partial charge in [-0.25, -0.2) is 4.98 Å². The lowest BCUT2D eigenvalue weighted by molar-refractivity contribution is -0.119. The number of rotatable bonds is 7. The van der Waals surface area contributed by atoms with Gasteiger partial charge in [0.05, 0.1) is 6.61 Å². The molecule has 1 rings (SSSR count). The highest BCUT2D eigenvalue weighted by Gasteiger charge is 2.30. The zero-order valence-electron chi connectivity index (χ0n) is 11.9. The van der Waals surface area contributed by atoms with Crippen LogP contribution in [0, 0.1) is 6.92 Å². The third-order valence-corrected chi connectivity index (χ3v) is 2.70. The van der Waals surface area contributed by atoms with Crippen molar-refractivity contribution >= 4 is 5.82 Å². The lowest BCUT2D eigenvalue weighted by atomic mass is 10.2. The number of hydrogen-bond acceptors (Lipinski definition) is 4. The Morgan fingerprint density at radius 1 is 1.40 bits per heavy atom. The first-order valence-corrected chi connectivity index (χ1v) is 6.26. The number of nitrogens with zero attached hydrogens (tertiary/aromatic N) is 2. The quantitative estimate of drug-likeness (QED) is 0.781. The number of halogens is 3. The second kappa shape index (κ2) is 7.44. The highest BCUT2D eigenvalue weighted by Crippen LogP contribution is 2.22. The summed E-state index contributed by atoms with van der Waals surface area (Å²) in [6.45, 7) is 2.69. The molecule has 0 radical (unpaired) electrons. The summed E-state index contributed by atoms with van der Waals surface area (Å²) >= 11 is 0. The maximum atomic E-state index is 12.4. The average Bonchev–Trinajstić information content (AvgIpc) is 2.32. The molecule has 0 saturated heterocycles. The van der Waals surface area contributed by atoms with Gasteiger partial charge >= 0.3 is 6.18 Å². The van der Waals surface area contributed by atoms with Crippen molar-refractivity contribution < 1.29 is 17.9 Å². The second-order valence-corrected chi connectivity index (χ2v) is 4.62. The maximum absolute atomic E-state index is 12.4. The summed E-state index contributed by atoms with van der Waals surface area (Å²) in [6, 6.07) is 1.84. The molecule has 0 fully saturated rings. The Morgan fingerprint density at radius 2 is 2.10 bits per heavy atom. The van der Waals surface area contributed by atoms with Crippen LogP contribution in [0.2, 0.25) is 0 Å². The van der Waals surface area contributed by atoms with E-state index in [1.54, 1.807) is 20.2 Å². The number of anilines is 1. The Morgan fingerprint density at radius 3 is 2.65 bits per heavy atom. The van der Waals surface area contributed by atoms with E-state index in [-0.39, 0.29) is 0 Å². The molecular weight excluding hydrogens is 271 g/mol. The van der Waals surface area contributed by atoms with Crippen LogP contribution in [0.4, 0.5) is 19.0 Å². The second-order valence-electron chi connectivity index (χ2n) is 4.62. The SMILES string of the molecule is COCCNCc1cnc(N(C)CC(F)(F)F)c(C)c1. The number of pyridine rings is 1. The monoisotopic (exact) mass is 291 g/mol. The highest BCUT2D eigenvalue weighted by atomic mass is 19.4. The molecule has 20 heavy (non-hydrogen) atoms. The van der Waals surface area contributed by atoms with Crippen LogP contribution >= 0.6 is 0 Å². The Hall–Kier alpha value is -1.34. The van der Waals surface area contributed by atoms with E-state index >= 15 is 0 Å². The van der Waals surface area contributed by atoms with Gasteiger partial charge in [-0.15, -0.1) is 0 Å². The van der Waals surface area contributed by atoms with Gasteiger partial charge in [-0.05, 0) is 24.1 Å². The standard InChI is InChI=1S/C13H20F3N3O/c1-10-6-11(7-17-4-5-20-3)8-18-12(10)19(2)9-13(14,15)16/h6,8,17H,4-5,7,9H2,1-3H3. The molecule has 0 amide bonds. The van der Waals surface area contributed by atoms with E-state index in [4.69, 9.17) is 4.74 Å². The van der Waals surface area contributed by atoms with Gasteiger partial charge in [0, 0.05) is 33.4 Å². The minimum atomic E-state index is -4.23. The molecule has 0 saturated carbocycles. The van der Waals surface area contributed by atoms with E-state index in [2.05, 4.69) is 10.3 Å². The van der Waals surface area contributed by atoms with Gasteiger partial charge in [0.25, 0.3) is 0 Å². The van der Waals surface area contributed by atoms with Crippen LogP contribution in [-0.2, 0) is 11.3 Å². The van der Waals surface area contributed by atoms with Gasteiger partial charge in [0.15, 0.2) is 0 Å². The minimum absolute atomic E-state index is 0.350. The van der Waals surface area contributed by atoms with Crippen LogP contribution in [0.5, 0.6) is 0 Å². The molecule has 0 atom stereocenters. The summed E-state index contributed by atoms with van der Waals surface area (Å²) in [5, 5.41) is 3.16. The van der Waals surface area contributed by atoms with Crippen molar-refractivity contribution in [3.8, 4) is 0 Å². The molecule has 1 aromatic rings. The molecule has 0 spiro atoms. The molecule has 1 heterocycles. The van der Waals surface area contributed by atoms with Crippen molar-refractivity contribution in [1.29, 1.82) is 0 Å². The van der Waals surface area contributed by atoms with Crippen molar-refractivity contribution in [1.82, 2.24) is 10.3 Å². The number of hydrogen-bond donors (Lipinski definition) is 1. The van der Waals surface area contributed by atoms with Crippen LogP contribution in [0.15, 0.2) is 12.3 Å². The van der Waals surface area contributed by atoms with E-state index < -0.39 is 12.7 Å². The fourth-order valence-electron chi connectivity index (χ4n) is 1.87. The van der Waals surface area contributed by atoms with E-state index in [1.165, 1.54) is 7.05 Å². The number of methoxy groups -OCH3 is 1. The lowest BCUT2D eigenvalue weighted by Crippen LogP contribution is -2.32.